The molecule has 0 heterocycles. The third-order valence-corrected chi connectivity index (χ3v) is 2.14. The second-order valence-electron chi connectivity index (χ2n) is 4.93. The first-order valence-corrected chi connectivity index (χ1v) is 5.78. The maximum Gasteiger partial charge on any atom is 0.412 e. The van der Waals surface area contributed by atoms with Crippen molar-refractivity contribution in [1.29, 1.82) is 0 Å². The van der Waals surface area contributed by atoms with E-state index >= 15 is 0 Å². The minimum atomic E-state index is -0.585. The number of benzene rings is 1. The number of carbonyl (C=O) groups is 1. The zero-order chi connectivity index (χ0) is 14.6. The highest BCUT2D eigenvalue weighted by Crippen LogP contribution is 2.37. The Morgan fingerprint density at radius 2 is 1.84 bits per heavy atom. The largest absolute Gasteiger partial charge is 0.493 e. The summed E-state index contributed by atoms with van der Waals surface area (Å²) < 4.78 is 15.5. The first-order valence-electron chi connectivity index (χ1n) is 5.78. The molecule has 0 atom stereocenters. The Labute approximate surface area is 112 Å². The number of anilines is 2. The summed E-state index contributed by atoms with van der Waals surface area (Å²) >= 11 is 0. The van der Waals surface area contributed by atoms with E-state index in [1.807, 2.05) is 0 Å². The summed E-state index contributed by atoms with van der Waals surface area (Å²) in [5.74, 6) is 0.830. The molecule has 0 aliphatic heterocycles. The molecule has 19 heavy (non-hydrogen) atoms. The summed E-state index contributed by atoms with van der Waals surface area (Å²) in [5.41, 5.74) is 6.00. The lowest BCUT2D eigenvalue weighted by atomic mass is 10.2. The Kier molecular flexibility index (Phi) is 4.47. The third-order valence-electron chi connectivity index (χ3n) is 2.14. The van der Waals surface area contributed by atoms with E-state index < -0.39 is 11.7 Å². The smallest absolute Gasteiger partial charge is 0.412 e. The van der Waals surface area contributed by atoms with Crippen LogP contribution in [-0.2, 0) is 4.74 Å². The lowest BCUT2D eigenvalue weighted by Gasteiger charge is -2.21. The van der Waals surface area contributed by atoms with Gasteiger partial charge in [-0.1, -0.05) is 0 Å². The number of methoxy groups -OCH3 is 2. The van der Waals surface area contributed by atoms with Crippen LogP contribution in [-0.4, -0.2) is 25.9 Å². The van der Waals surface area contributed by atoms with Gasteiger partial charge in [-0.3, -0.25) is 5.32 Å². The number of amides is 1. The van der Waals surface area contributed by atoms with Crippen LogP contribution in [0.3, 0.4) is 0 Å². The molecule has 3 N–H and O–H groups in total. The van der Waals surface area contributed by atoms with Crippen molar-refractivity contribution >= 4 is 17.5 Å². The molecule has 1 rings (SSSR count). The predicted octanol–water partition coefficient (Wildman–Crippen LogP) is 2.63. The van der Waals surface area contributed by atoms with E-state index in [1.165, 1.54) is 14.2 Å². The molecule has 6 heteroatoms. The summed E-state index contributed by atoms with van der Waals surface area (Å²) in [6, 6.07) is 3.18. The van der Waals surface area contributed by atoms with Gasteiger partial charge >= 0.3 is 6.09 Å². The monoisotopic (exact) mass is 268 g/mol. The van der Waals surface area contributed by atoms with Crippen molar-refractivity contribution in [1.82, 2.24) is 0 Å². The number of nitrogens with two attached hydrogens (primary N) is 1. The summed E-state index contributed by atoms with van der Waals surface area (Å²) in [4.78, 5) is 11.7. The minimum absolute atomic E-state index is 0.391. The Balaban J connectivity index is 3.00. The molecule has 0 saturated carbocycles. The molecular formula is C13H20N2O4. The lowest BCUT2D eigenvalue weighted by Crippen LogP contribution is -2.27. The van der Waals surface area contributed by atoms with Gasteiger partial charge in [0.15, 0.2) is 11.5 Å². The maximum atomic E-state index is 11.7. The van der Waals surface area contributed by atoms with E-state index in [2.05, 4.69) is 5.32 Å². The first-order chi connectivity index (χ1) is 8.76. The van der Waals surface area contributed by atoms with E-state index in [9.17, 15) is 4.79 Å². The highest BCUT2D eigenvalue weighted by Gasteiger charge is 2.19. The van der Waals surface area contributed by atoms with Crippen molar-refractivity contribution in [3.8, 4) is 11.5 Å². The molecule has 0 fully saturated rings. The van der Waals surface area contributed by atoms with Crippen molar-refractivity contribution < 1.29 is 19.0 Å². The molecule has 0 radical (unpaired) electrons. The van der Waals surface area contributed by atoms with Gasteiger partial charge in [-0.25, -0.2) is 4.79 Å². The molecule has 1 amide bonds. The van der Waals surface area contributed by atoms with Crippen molar-refractivity contribution in [2.45, 2.75) is 26.4 Å². The summed E-state index contributed by atoms with van der Waals surface area (Å²) in [5, 5.41) is 2.59. The fourth-order valence-electron chi connectivity index (χ4n) is 1.49. The number of nitrogen functional groups attached to an aromatic ring is 1. The van der Waals surface area contributed by atoms with Crippen molar-refractivity contribution in [3.05, 3.63) is 12.1 Å². The van der Waals surface area contributed by atoms with Crippen LogP contribution in [0.2, 0.25) is 0 Å². The van der Waals surface area contributed by atoms with Gasteiger partial charge in [0.1, 0.15) is 5.60 Å². The van der Waals surface area contributed by atoms with Gasteiger partial charge in [0.2, 0.25) is 0 Å². The Morgan fingerprint density at radius 1 is 1.21 bits per heavy atom. The first kappa shape index (κ1) is 14.9. The van der Waals surface area contributed by atoms with Gasteiger partial charge in [-0.15, -0.1) is 0 Å². The average Bonchev–Trinajstić information content (AvgIpc) is 2.25. The highest BCUT2D eigenvalue weighted by atomic mass is 16.6. The Morgan fingerprint density at radius 3 is 2.32 bits per heavy atom. The van der Waals surface area contributed by atoms with Crippen molar-refractivity contribution in [3.63, 3.8) is 0 Å². The van der Waals surface area contributed by atoms with Gasteiger partial charge in [-0.2, -0.15) is 0 Å². The lowest BCUT2D eigenvalue weighted by molar-refractivity contribution is 0.0635. The number of hydrogen-bond acceptors (Lipinski definition) is 5. The standard InChI is InChI=1S/C13H20N2O4/c1-13(2,3)19-12(16)15-9-6-8(14)7-10(17-4)11(9)18-5/h6-7H,14H2,1-5H3,(H,15,16). The molecule has 0 saturated heterocycles. The number of nitrogens with one attached hydrogen (secondary N) is 1. The van der Waals surface area contributed by atoms with E-state index in [-0.39, 0.29) is 0 Å². The molecular weight excluding hydrogens is 248 g/mol. The molecule has 0 bridgehead atoms. The molecule has 1 aromatic carbocycles. The normalized spacial score (nSPS) is 10.8. The Hall–Kier alpha value is -2.11. The van der Waals surface area contributed by atoms with E-state index in [0.717, 1.165) is 0 Å². The zero-order valence-corrected chi connectivity index (χ0v) is 11.9. The molecule has 0 aromatic heterocycles. The van der Waals surface area contributed by atoms with E-state index in [4.69, 9.17) is 19.9 Å². The summed E-state index contributed by atoms with van der Waals surface area (Å²) in [7, 11) is 2.98. The van der Waals surface area contributed by atoms with Crippen LogP contribution in [0.25, 0.3) is 0 Å². The topological polar surface area (TPSA) is 82.8 Å². The van der Waals surface area contributed by atoms with Gasteiger partial charge < -0.3 is 19.9 Å². The van der Waals surface area contributed by atoms with Crippen molar-refractivity contribution in [2.75, 3.05) is 25.3 Å². The van der Waals surface area contributed by atoms with E-state index in [0.29, 0.717) is 22.9 Å². The number of rotatable bonds is 3. The highest BCUT2D eigenvalue weighted by molar-refractivity contribution is 5.89. The molecule has 0 aliphatic carbocycles. The third kappa shape index (κ3) is 4.24. The SMILES string of the molecule is COc1cc(N)cc(NC(=O)OC(C)(C)C)c1OC. The summed E-state index contributed by atoms with van der Waals surface area (Å²) in [6.07, 6.45) is -0.585. The van der Waals surface area contributed by atoms with Crippen LogP contribution < -0.4 is 20.5 Å². The molecule has 0 spiro atoms. The van der Waals surface area contributed by atoms with Gasteiger partial charge in [-0.05, 0) is 26.8 Å². The average molecular weight is 268 g/mol. The van der Waals surface area contributed by atoms with Crippen LogP contribution in [0, 0.1) is 0 Å². The fourth-order valence-corrected chi connectivity index (χ4v) is 1.49. The summed E-state index contributed by atoms with van der Waals surface area (Å²) in [6.45, 7) is 5.34. The molecule has 6 nitrogen and oxygen atoms in total. The second-order valence-corrected chi connectivity index (χ2v) is 4.93. The zero-order valence-electron chi connectivity index (χ0n) is 11.9. The van der Waals surface area contributed by atoms with Crippen LogP contribution in [0.4, 0.5) is 16.2 Å². The van der Waals surface area contributed by atoms with Gasteiger partial charge in [0, 0.05) is 11.8 Å². The van der Waals surface area contributed by atoms with Crippen LogP contribution in [0.5, 0.6) is 11.5 Å². The van der Waals surface area contributed by atoms with Crippen LogP contribution in [0.1, 0.15) is 20.8 Å². The molecule has 0 aliphatic rings. The predicted molar refractivity (Wildman–Crippen MR) is 73.8 cm³/mol. The Bertz CT molecular complexity index is 466. The quantitative estimate of drug-likeness (QED) is 0.823. The van der Waals surface area contributed by atoms with Gasteiger partial charge in [0.05, 0.1) is 19.9 Å². The molecule has 106 valence electrons. The second kappa shape index (κ2) is 5.69. The van der Waals surface area contributed by atoms with Gasteiger partial charge in [0.25, 0.3) is 0 Å². The fraction of sp³-hybridized carbons (Fsp3) is 0.462. The van der Waals surface area contributed by atoms with Crippen molar-refractivity contribution in [2.24, 2.45) is 0 Å². The molecule has 0 unspecified atom stereocenters. The molecule has 1 aromatic rings. The number of hydrogen-bond donors (Lipinski definition) is 2. The van der Waals surface area contributed by atoms with E-state index in [1.54, 1.807) is 32.9 Å². The van der Waals surface area contributed by atoms with Crippen LogP contribution in [0.15, 0.2) is 12.1 Å². The number of ether oxygens (including phenoxy) is 3. The van der Waals surface area contributed by atoms with Crippen LogP contribution >= 0.6 is 0 Å². The minimum Gasteiger partial charge on any atom is -0.493 e. The number of carbonyl (C=O) groups excluding carboxylic acids is 1. The maximum absolute atomic E-state index is 11.7.